The smallest absolute Gasteiger partial charge is 0.232 e. The highest BCUT2D eigenvalue weighted by Gasteiger charge is 2.03. The molecule has 0 N–H and O–H groups in total. The third kappa shape index (κ3) is 8.40. The topological polar surface area (TPSA) is 52.6 Å². The molecule has 0 saturated carbocycles. The lowest BCUT2D eigenvalue weighted by Crippen LogP contribution is -2.00. The molecule has 0 spiro atoms. The molecule has 1 aromatic carbocycles. The van der Waals surface area contributed by atoms with Crippen molar-refractivity contribution < 1.29 is 17.9 Å². The van der Waals surface area contributed by atoms with Gasteiger partial charge in [-0.2, -0.15) is 0 Å². The lowest BCUT2D eigenvalue weighted by molar-refractivity contribution is 0.184. The number of rotatable bonds is 10. The fraction of sp³-hybridized carbons (Fsp3) is 0.571. The summed E-state index contributed by atoms with van der Waals surface area (Å²) in [7, 11) is 3.45. The maximum atomic E-state index is 10.7. The van der Waals surface area contributed by atoms with E-state index >= 15 is 0 Å². The van der Waals surface area contributed by atoms with E-state index in [1.165, 1.54) is 0 Å². The molecule has 0 aliphatic heterocycles. The molecule has 1 rings (SSSR count). The first-order chi connectivity index (χ1) is 9.51. The first-order valence-electron chi connectivity index (χ1n) is 6.64. The van der Waals surface area contributed by atoms with Gasteiger partial charge in [-0.05, 0) is 30.5 Å². The highest BCUT2D eigenvalue weighted by molar-refractivity contribution is 8.13. The van der Waals surface area contributed by atoms with Crippen molar-refractivity contribution in [1.82, 2.24) is 0 Å². The number of benzene rings is 1. The van der Waals surface area contributed by atoms with Gasteiger partial charge in [0.25, 0.3) is 0 Å². The zero-order valence-corrected chi connectivity index (χ0v) is 13.3. The third-order valence-electron chi connectivity index (χ3n) is 2.76. The van der Waals surface area contributed by atoms with Crippen molar-refractivity contribution >= 4 is 19.7 Å². The van der Waals surface area contributed by atoms with Crippen LogP contribution < -0.4 is 4.74 Å². The zero-order valence-electron chi connectivity index (χ0n) is 11.7. The van der Waals surface area contributed by atoms with Gasteiger partial charge in [0, 0.05) is 17.8 Å². The molecule has 1 aromatic rings. The average Bonchev–Trinajstić information content (AvgIpc) is 2.37. The summed E-state index contributed by atoms with van der Waals surface area (Å²) >= 11 is 0. The minimum atomic E-state index is -3.34. The highest BCUT2D eigenvalue weighted by Crippen LogP contribution is 2.14. The molecule has 4 nitrogen and oxygen atoms in total. The van der Waals surface area contributed by atoms with Crippen LogP contribution >= 0.6 is 10.7 Å². The van der Waals surface area contributed by atoms with Crippen molar-refractivity contribution in [1.29, 1.82) is 0 Å². The van der Waals surface area contributed by atoms with Gasteiger partial charge in [-0.3, -0.25) is 0 Å². The van der Waals surface area contributed by atoms with Crippen LogP contribution in [0.5, 0.6) is 5.75 Å². The van der Waals surface area contributed by atoms with Crippen LogP contribution in [-0.4, -0.2) is 27.9 Å². The van der Waals surface area contributed by atoms with Gasteiger partial charge >= 0.3 is 0 Å². The fourth-order valence-corrected chi connectivity index (χ4v) is 2.69. The summed E-state index contributed by atoms with van der Waals surface area (Å²) in [6, 6.07) is 7.81. The van der Waals surface area contributed by atoms with Gasteiger partial charge in [0.15, 0.2) is 0 Å². The van der Waals surface area contributed by atoms with Crippen LogP contribution in [0.4, 0.5) is 0 Å². The number of ether oxygens (including phenoxy) is 2. The van der Waals surface area contributed by atoms with E-state index in [9.17, 15) is 8.42 Å². The Kier molecular flexibility index (Phi) is 7.95. The summed E-state index contributed by atoms with van der Waals surface area (Å²) in [6.45, 7) is 1.20. The molecule has 20 heavy (non-hydrogen) atoms. The number of halogens is 1. The second-order valence-electron chi connectivity index (χ2n) is 4.59. The molecule has 0 saturated heterocycles. The van der Waals surface area contributed by atoms with Gasteiger partial charge in [-0.25, -0.2) is 8.42 Å². The molecular weight excluding hydrogens is 300 g/mol. The quantitative estimate of drug-likeness (QED) is 0.490. The van der Waals surface area contributed by atoms with E-state index < -0.39 is 9.05 Å². The van der Waals surface area contributed by atoms with E-state index in [0.29, 0.717) is 19.6 Å². The Morgan fingerprint density at radius 1 is 1.15 bits per heavy atom. The maximum absolute atomic E-state index is 10.7. The zero-order chi connectivity index (χ0) is 14.8. The van der Waals surface area contributed by atoms with Crippen molar-refractivity contribution in [3.63, 3.8) is 0 Å². The molecule has 6 heteroatoms. The average molecular weight is 321 g/mol. The minimum Gasteiger partial charge on any atom is -0.494 e. The molecule has 0 aliphatic rings. The minimum absolute atomic E-state index is 0.0501. The Morgan fingerprint density at radius 2 is 1.90 bits per heavy atom. The molecule has 0 bridgehead atoms. The Balaban J connectivity index is 2.13. The molecular formula is C14H21ClO4S. The van der Waals surface area contributed by atoms with Crippen LogP contribution in [0.25, 0.3) is 0 Å². The van der Waals surface area contributed by atoms with E-state index in [1.54, 1.807) is 7.11 Å². The van der Waals surface area contributed by atoms with Crippen LogP contribution in [0, 0.1) is 0 Å². The van der Waals surface area contributed by atoms with Crippen LogP contribution in [0.15, 0.2) is 24.3 Å². The first-order valence-corrected chi connectivity index (χ1v) is 9.12. The molecule has 0 fully saturated rings. The summed E-state index contributed by atoms with van der Waals surface area (Å²) in [4.78, 5) is 0. The van der Waals surface area contributed by atoms with E-state index in [1.807, 2.05) is 24.3 Å². The van der Waals surface area contributed by atoms with Crippen LogP contribution in [-0.2, 0) is 20.4 Å². The summed E-state index contributed by atoms with van der Waals surface area (Å²) in [6.07, 6.45) is 3.29. The molecule has 0 amide bonds. The van der Waals surface area contributed by atoms with Crippen molar-refractivity contribution in [2.45, 2.75) is 32.3 Å². The van der Waals surface area contributed by atoms with E-state index in [4.69, 9.17) is 20.2 Å². The lowest BCUT2D eigenvalue weighted by atomic mass is 10.2. The Hall–Kier alpha value is -0.780. The number of methoxy groups -OCH3 is 1. The fourth-order valence-electron chi connectivity index (χ4n) is 1.81. The molecule has 0 heterocycles. The standard InChI is InChI=1S/C14H21ClO4S/c1-18-12-13-7-6-8-14(11-13)19-9-4-2-3-5-10-20(15,16)17/h6-8,11H,2-5,9-10,12H2,1H3. The monoisotopic (exact) mass is 320 g/mol. The molecule has 0 aromatic heterocycles. The van der Waals surface area contributed by atoms with Gasteiger partial charge < -0.3 is 9.47 Å². The SMILES string of the molecule is COCc1cccc(OCCCCCCS(=O)(=O)Cl)c1. The number of hydrogen-bond donors (Lipinski definition) is 0. The largest absolute Gasteiger partial charge is 0.494 e. The lowest BCUT2D eigenvalue weighted by Gasteiger charge is -2.07. The van der Waals surface area contributed by atoms with Gasteiger partial charge in [0.2, 0.25) is 9.05 Å². The van der Waals surface area contributed by atoms with Crippen LogP contribution in [0.2, 0.25) is 0 Å². The van der Waals surface area contributed by atoms with Gasteiger partial charge in [0.1, 0.15) is 5.75 Å². The first kappa shape index (κ1) is 17.3. The van der Waals surface area contributed by atoms with Gasteiger partial charge in [-0.1, -0.05) is 25.0 Å². The van der Waals surface area contributed by atoms with Crippen molar-refractivity contribution in [2.24, 2.45) is 0 Å². The third-order valence-corrected chi connectivity index (χ3v) is 4.00. The second-order valence-corrected chi connectivity index (χ2v) is 7.48. The summed E-state index contributed by atoms with van der Waals surface area (Å²) in [5, 5.41) is 0. The van der Waals surface area contributed by atoms with Gasteiger partial charge in [0.05, 0.1) is 19.0 Å². The van der Waals surface area contributed by atoms with E-state index in [2.05, 4.69) is 0 Å². The molecule has 0 radical (unpaired) electrons. The summed E-state index contributed by atoms with van der Waals surface area (Å²) in [5.41, 5.74) is 1.08. The Bertz CT molecular complexity index is 488. The van der Waals surface area contributed by atoms with Crippen LogP contribution in [0.1, 0.15) is 31.2 Å². The summed E-state index contributed by atoms with van der Waals surface area (Å²) in [5.74, 6) is 0.886. The summed E-state index contributed by atoms with van der Waals surface area (Å²) < 4.78 is 32.1. The predicted octanol–water partition coefficient (Wildman–Crippen LogP) is 3.34. The van der Waals surface area contributed by atoms with Crippen molar-refractivity contribution in [2.75, 3.05) is 19.5 Å². The molecule has 0 atom stereocenters. The Morgan fingerprint density at radius 3 is 2.60 bits per heavy atom. The van der Waals surface area contributed by atoms with Gasteiger partial charge in [-0.15, -0.1) is 0 Å². The number of hydrogen-bond acceptors (Lipinski definition) is 4. The Labute approximate surface area is 125 Å². The maximum Gasteiger partial charge on any atom is 0.232 e. The number of unbranched alkanes of at least 4 members (excludes halogenated alkanes) is 3. The molecule has 0 unspecified atom stereocenters. The second kappa shape index (κ2) is 9.21. The highest BCUT2D eigenvalue weighted by atomic mass is 35.7. The van der Waals surface area contributed by atoms with Crippen molar-refractivity contribution in [3.05, 3.63) is 29.8 Å². The van der Waals surface area contributed by atoms with E-state index in [0.717, 1.165) is 30.6 Å². The van der Waals surface area contributed by atoms with Crippen molar-refractivity contribution in [3.8, 4) is 5.75 Å². The van der Waals surface area contributed by atoms with E-state index in [-0.39, 0.29) is 5.75 Å². The molecule has 114 valence electrons. The van der Waals surface area contributed by atoms with Crippen LogP contribution in [0.3, 0.4) is 0 Å². The normalized spacial score (nSPS) is 11.5. The molecule has 0 aliphatic carbocycles. The predicted molar refractivity (Wildman–Crippen MR) is 80.8 cm³/mol.